The third-order valence-corrected chi connectivity index (χ3v) is 65.9. The van der Waals surface area contributed by atoms with Crippen molar-refractivity contribution in [3.05, 3.63) is 0 Å². The molecule has 0 amide bonds. The van der Waals surface area contributed by atoms with Crippen LogP contribution in [-0.4, -0.2) is 28.8 Å². The van der Waals surface area contributed by atoms with E-state index < -0.39 is 6.51 Å². The molecule has 0 radical (unpaired) electrons. The first kappa shape index (κ1) is 6.41. The van der Waals surface area contributed by atoms with Crippen LogP contribution in [0.25, 0.3) is 0 Å². The molecule has 1 nitrogen and oxygen atoms in total. The monoisotopic (exact) mass is 321 g/mol. The average Bonchev–Trinajstić information content (AvgIpc) is 3.13. The Morgan fingerprint density at radius 3 is 1.69 bits per heavy atom. The maximum absolute atomic E-state index is 4.44. The summed E-state index contributed by atoms with van der Waals surface area (Å²) in [5.74, 6) is 0. The van der Waals surface area contributed by atoms with Crippen molar-refractivity contribution in [2.45, 2.75) is 46.1 Å². The van der Waals surface area contributed by atoms with Gasteiger partial charge in [0.2, 0.25) is 0 Å². The van der Waals surface area contributed by atoms with Crippen molar-refractivity contribution in [1.29, 1.82) is 0 Å². The van der Waals surface area contributed by atoms with Gasteiger partial charge in [0.05, 0.1) is 0 Å². The molecule has 16 heavy (non-hydrogen) atoms. The van der Waals surface area contributed by atoms with Crippen molar-refractivity contribution >= 4 is 15.9 Å². The zero-order valence-electron chi connectivity index (χ0n) is 9.50. The number of halogens is 1. The van der Waals surface area contributed by atoms with Crippen LogP contribution in [0.15, 0.2) is 0 Å². The van der Waals surface area contributed by atoms with Gasteiger partial charge in [0.1, 0.15) is 0 Å². The number of hydrogen-bond donors (Lipinski definition) is 0. The van der Waals surface area contributed by atoms with Crippen LogP contribution in [0, 0.1) is 0 Å². The van der Waals surface area contributed by atoms with E-state index in [-0.39, 0.29) is 0 Å². The van der Waals surface area contributed by atoms with E-state index in [2.05, 4.69) is 34.9 Å². The van der Waals surface area contributed by atoms with Crippen LogP contribution in [0.4, 0.5) is 0 Å². The first-order chi connectivity index (χ1) is 7.35. The summed E-state index contributed by atoms with van der Waals surface area (Å²) >= 11 is 4.44. The van der Waals surface area contributed by atoms with Gasteiger partial charge in [-0.15, -0.1) is 0 Å². The quantitative estimate of drug-likeness (QED) is 0.555. The van der Waals surface area contributed by atoms with Gasteiger partial charge < -0.3 is 0 Å². The fourth-order valence-corrected chi connectivity index (χ4v) is 106. The topological polar surface area (TPSA) is 3.24 Å². The summed E-state index contributed by atoms with van der Waals surface area (Å²) in [6.45, 7) is -1.36. The number of alkyl halides is 1. The van der Waals surface area contributed by atoms with Crippen molar-refractivity contribution in [3.8, 4) is 0 Å². The van der Waals surface area contributed by atoms with E-state index >= 15 is 0 Å². The van der Waals surface area contributed by atoms with Crippen LogP contribution in [-0.2, 0) is 6.51 Å². The second kappa shape index (κ2) is 0.483. The molecule has 10 saturated heterocycles. The van der Waals surface area contributed by atoms with Crippen LogP contribution in [0.1, 0.15) is 0 Å². The fraction of sp³-hybridized carbons (Fsp3) is 1.00. The average molecular weight is 322 g/mol. The minimum atomic E-state index is -2.89. The van der Waals surface area contributed by atoms with E-state index in [0.29, 0.717) is 0 Å². The summed E-state index contributed by atoms with van der Waals surface area (Å²) < 4.78 is 1.98. The molecule has 8 unspecified atom stereocenters. The van der Waals surface area contributed by atoms with Gasteiger partial charge >= 0.3 is 94.0 Å². The molecule has 0 aromatic rings. The van der Waals surface area contributed by atoms with Crippen molar-refractivity contribution in [2.75, 3.05) is 20.6 Å². The fourth-order valence-electron chi connectivity index (χ4n) is 17.6. The normalized spacial score (nSPS) is 131. The van der Waals surface area contributed by atoms with E-state index in [1.165, 1.54) is 45.1 Å². The van der Waals surface area contributed by atoms with Crippen LogP contribution in [0.5, 0.6) is 0 Å². The summed E-state index contributed by atoms with van der Waals surface area (Å²) in [6, 6.07) is 0. The molecule has 10 aliphatic heterocycles. The molecule has 3 heteroatoms. The van der Waals surface area contributed by atoms with Gasteiger partial charge in [-0.3, -0.25) is 0 Å². The Kier molecular flexibility index (Phi) is 0.194. The van der Waals surface area contributed by atoms with E-state index in [0.717, 1.165) is 7.54 Å². The molecule has 0 saturated carbocycles. The maximum atomic E-state index is 4.44. The summed E-state index contributed by atoms with van der Waals surface area (Å²) in [5.41, 5.74) is 0. The number of rotatable bonds is 2. The molecule has 10 fully saturated rings. The summed E-state index contributed by atoms with van der Waals surface area (Å²) in [4.78, 5) is 14.0. The molecule has 88 valence electrons. The van der Waals surface area contributed by atoms with Crippen LogP contribution in [0.2, 0.25) is 42.8 Å². The van der Waals surface area contributed by atoms with Crippen LogP contribution >= 0.6 is 15.9 Å². The van der Waals surface area contributed by atoms with Gasteiger partial charge in [0, 0.05) is 0 Å². The Morgan fingerprint density at radius 1 is 1.00 bits per heavy atom. The molecule has 0 bridgehead atoms. The molecule has 10 heterocycles. The van der Waals surface area contributed by atoms with Crippen molar-refractivity contribution < 1.29 is 6.51 Å². The van der Waals surface area contributed by atoms with Crippen LogP contribution in [0.3, 0.4) is 0 Å². The van der Waals surface area contributed by atoms with Gasteiger partial charge in [-0.05, 0) is 0 Å². The Hall–Kier alpha value is 0.959. The van der Waals surface area contributed by atoms with Crippen molar-refractivity contribution in [3.63, 3.8) is 0 Å². The van der Waals surface area contributed by atoms with Gasteiger partial charge in [0.15, 0.2) is 0 Å². The third kappa shape index (κ3) is 0.0542. The minimum absolute atomic E-state index is 0.928. The first-order valence-corrected chi connectivity index (χ1v) is 13.9. The van der Waals surface area contributed by atoms with E-state index in [9.17, 15) is 0 Å². The molecular formula is C13H16BrFeN. The Morgan fingerprint density at radius 2 is 1.50 bits per heavy atom. The van der Waals surface area contributed by atoms with Crippen molar-refractivity contribution in [2.24, 2.45) is 0 Å². The van der Waals surface area contributed by atoms with Gasteiger partial charge in [-0.2, -0.15) is 0 Å². The van der Waals surface area contributed by atoms with E-state index in [1.807, 2.05) is 0 Å². The predicted octanol–water partition coefficient (Wildman–Crippen LogP) is 3.61. The molecule has 10 rings (SSSR count). The Balaban J connectivity index is 1.69. The Bertz CT molecular complexity index is 972. The Labute approximate surface area is 93.7 Å². The third-order valence-electron chi connectivity index (χ3n) is 15.5. The molecule has 1 spiro atoms. The summed E-state index contributed by atoms with van der Waals surface area (Å²) in [5, 5.41) is 0. The van der Waals surface area contributed by atoms with Gasteiger partial charge in [-0.1, -0.05) is 0 Å². The molecule has 10 aliphatic rings. The van der Waals surface area contributed by atoms with E-state index in [4.69, 9.17) is 0 Å². The summed E-state index contributed by atoms with van der Waals surface area (Å²) in [6.07, 6.45) is 0. The molecule has 0 aromatic carbocycles. The second-order valence-electron chi connectivity index (χ2n) is 11.1. The summed E-state index contributed by atoms with van der Waals surface area (Å²) in [7, 11) is 4.68. The molecule has 8 atom stereocenters. The molecule has 0 N–H and O–H groups in total. The number of fused-ring (bicyclic) bond motifs is 10. The van der Waals surface area contributed by atoms with Crippen LogP contribution < -0.4 is 0 Å². The number of nitrogens with zero attached hydrogens (tertiary/aromatic N) is 1. The van der Waals surface area contributed by atoms with E-state index in [1.54, 1.807) is 0 Å². The zero-order valence-corrected chi connectivity index (χ0v) is 12.2. The van der Waals surface area contributed by atoms with Crippen molar-refractivity contribution in [1.82, 2.24) is 4.90 Å². The standard InChI is InChI=1S/C8H12N.C5H4Br.Fe/c1-9(2)7-8-5-3-4-6-8;6-5-3-1-2-4-5;/h3-6H,7H2,1-2H3;1-4H;. The second-order valence-corrected chi connectivity index (χ2v) is 36.4. The molecule has 0 aliphatic carbocycles. The van der Waals surface area contributed by atoms with Gasteiger partial charge in [-0.25, -0.2) is 0 Å². The molecule has 0 aromatic heterocycles. The van der Waals surface area contributed by atoms with Gasteiger partial charge in [0.25, 0.3) is 0 Å². The zero-order chi connectivity index (χ0) is 10.2. The predicted molar refractivity (Wildman–Crippen MR) is 62.9 cm³/mol. The first-order valence-electron chi connectivity index (χ1n) is 6.89. The molecular weight excluding hydrogens is 306 g/mol. The number of hydrogen-bond acceptors (Lipinski definition) is 1. The SMILES string of the molecule is CN(C)C[C]12[CH]3[CH]4[CH]5[CH]1[Fe]45321678[CH]2[CH]1[CH]6[C]7(Br)[CH]28.